The summed E-state index contributed by atoms with van der Waals surface area (Å²) in [4.78, 5) is 4.42. The Balaban J connectivity index is 2.53. The molecule has 2 rings (SSSR count). The molecule has 0 aliphatic carbocycles. The van der Waals surface area contributed by atoms with Crippen molar-refractivity contribution in [3.63, 3.8) is 0 Å². The molecule has 5 nitrogen and oxygen atoms in total. The lowest BCUT2D eigenvalue weighted by atomic mass is 10.2. The van der Waals surface area contributed by atoms with E-state index in [1.807, 2.05) is 0 Å². The highest BCUT2D eigenvalue weighted by atomic mass is 32.2. The van der Waals surface area contributed by atoms with Gasteiger partial charge in [-0.25, -0.2) is 8.42 Å². The average Bonchev–Trinajstić information content (AvgIpc) is 2.51. The number of nitrogens with zero attached hydrogens (tertiary/aromatic N) is 3. The molecule has 0 fully saturated rings. The summed E-state index contributed by atoms with van der Waals surface area (Å²) in [5, 5.41) is 9.51. The molecule has 0 N–H and O–H groups in total. The van der Waals surface area contributed by atoms with E-state index in [1.165, 1.54) is 4.31 Å². The van der Waals surface area contributed by atoms with Gasteiger partial charge >= 0.3 is 0 Å². The number of aromatic nitrogens is 1. The molecular formula is C15H17N3O2S. The molecule has 0 aliphatic rings. The lowest BCUT2D eigenvalue weighted by molar-refractivity contribution is 0.400. The van der Waals surface area contributed by atoms with Crippen molar-refractivity contribution in [3.8, 4) is 6.07 Å². The van der Waals surface area contributed by atoms with Crippen molar-refractivity contribution in [2.24, 2.45) is 5.92 Å². The van der Waals surface area contributed by atoms with Crippen LogP contribution in [-0.4, -0.2) is 30.8 Å². The summed E-state index contributed by atoms with van der Waals surface area (Å²) in [5.74, 6) is -0.354. The van der Waals surface area contributed by atoms with E-state index in [0.717, 1.165) is 0 Å². The van der Waals surface area contributed by atoms with Crippen LogP contribution in [0.3, 0.4) is 0 Å². The summed E-state index contributed by atoms with van der Waals surface area (Å²) in [5.41, 5.74) is 0.642. The second-order valence-corrected chi connectivity index (χ2v) is 6.72. The van der Waals surface area contributed by atoms with E-state index < -0.39 is 10.0 Å². The summed E-state index contributed by atoms with van der Waals surface area (Å²) in [6, 6.07) is 10.6. The third-order valence-corrected chi connectivity index (χ3v) is 5.27. The van der Waals surface area contributed by atoms with E-state index in [0.29, 0.717) is 17.4 Å². The van der Waals surface area contributed by atoms with Gasteiger partial charge in [-0.1, -0.05) is 13.0 Å². The van der Waals surface area contributed by atoms with Crippen molar-refractivity contribution in [3.05, 3.63) is 36.5 Å². The Labute approximate surface area is 124 Å². The summed E-state index contributed by atoms with van der Waals surface area (Å²) >= 11 is 0. The minimum atomic E-state index is -3.64. The van der Waals surface area contributed by atoms with Gasteiger partial charge in [0.05, 0.1) is 22.4 Å². The van der Waals surface area contributed by atoms with E-state index >= 15 is 0 Å². The van der Waals surface area contributed by atoms with Crippen LogP contribution in [0.4, 0.5) is 0 Å². The maximum Gasteiger partial charge on any atom is 0.243 e. The predicted octanol–water partition coefficient (Wildman–Crippen LogP) is 2.41. The van der Waals surface area contributed by atoms with Gasteiger partial charge in [0.15, 0.2) is 0 Å². The van der Waals surface area contributed by atoms with Gasteiger partial charge in [0.1, 0.15) is 0 Å². The van der Waals surface area contributed by atoms with E-state index in [1.54, 1.807) is 50.4 Å². The van der Waals surface area contributed by atoms with Gasteiger partial charge in [-0.2, -0.15) is 9.57 Å². The molecule has 0 bridgehead atoms. The summed E-state index contributed by atoms with van der Waals surface area (Å²) in [6.07, 6.45) is 1.63. The van der Waals surface area contributed by atoms with Crippen LogP contribution in [0, 0.1) is 17.2 Å². The topological polar surface area (TPSA) is 74.1 Å². The van der Waals surface area contributed by atoms with E-state index in [4.69, 9.17) is 5.26 Å². The molecule has 110 valence electrons. The molecule has 21 heavy (non-hydrogen) atoms. The Morgan fingerprint density at radius 1 is 1.33 bits per heavy atom. The molecule has 6 heteroatoms. The van der Waals surface area contributed by atoms with E-state index in [9.17, 15) is 8.42 Å². The molecule has 1 atom stereocenters. The Kier molecular flexibility index (Phi) is 4.56. The first-order valence-electron chi connectivity index (χ1n) is 6.74. The van der Waals surface area contributed by atoms with Crippen LogP contribution >= 0.6 is 0 Å². The Morgan fingerprint density at radius 2 is 2.10 bits per heavy atom. The molecule has 1 heterocycles. The minimum Gasteiger partial charge on any atom is -0.256 e. The molecule has 0 radical (unpaired) electrons. The molecule has 0 amide bonds. The standard InChI is InChI=1S/C15H17N3O2S/c1-3-18(11-12(2)10-16)21(19,20)15-8-4-7-14-13(15)6-5-9-17-14/h4-9,12H,3,11H2,1-2H3. The van der Waals surface area contributed by atoms with Crippen LogP contribution in [0.25, 0.3) is 10.9 Å². The molecule has 0 saturated carbocycles. The first kappa shape index (κ1) is 15.4. The van der Waals surface area contributed by atoms with Gasteiger partial charge in [-0.15, -0.1) is 0 Å². The van der Waals surface area contributed by atoms with E-state index in [-0.39, 0.29) is 17.4 Å². The maximum absolute atomic E-state index is 12.8. The molecule has 0 spiro atoms. The van der Waals surface area contributed by atoms with Crippen molar-refractivity contribution in [1.82, 2.24) is 9.29 Å². The van der Waals surface area contributed by atoms with Gasteiger partial charge in [0.25, 0.3) is 0 Å². The lowest BCUT2D eigenvalue weighted by Gasteiger charge is -2.22. The normalized spacial score (nSPS) is 13.2. The Hall–Kier alpha value is -1.97. The molecule has 1 unspecified atom stereocenters. The number of hydrogen-bond acceptors (Lipinski definition) is 4. The SMILES string of the molecule is CCN(CC(C)C#N)S(=O)(=O)c1cccc2ncccc12. The zero-order valence-electron chi connectivity index (χ0n) is 12.0. The van der Waals surface area contributed by atoms with Gasteiger partial charge in [0.2, 0.25) is 10.0 Å². The van der Waals surface area contributed by atoms with Crippen LogP contribution in [0.15, 0.2) is 41.4 Å². The minimum absolute atomic E-state index is 0.186. The van der Waals surface area contributed by atoms with Gasteiger partial charge in [0, 0.05) is 24.7 Å². The first-order chi connectivity index (χ1) is 10.0. The second kappa shape index (κ2) is 6.20. The van der Waals surface area contributed by atoms with Crippen LogP contribution in [0.1, 0.15) is 13.8 Å². The zero-order valence-corrected chi connectivity index (χ0v) is 12.8. The highest BCUT2D eigenvalue weighted by Gasteiger charge is 2.26. The number of sulfonamides is 1. The third-order valence-electron chi connectivity index (χ3n) is 3.27. The second-order valence-electron chi connectivity index (χ2n) is 4.81. The quantitative estimate of drug-likeness (QED) is 0.850. The van der Waals surface area contributed by atoms with E-state index in [2.05, 4.69) is 11.1 Å². The fraction of sp³-hybridized carbons (Fsp3) is 0.333. The van der Waals surface area contributed by atoms with Crippen molar-refractivity contribution >= 4 is 20.9 Å². The summed E-state index contributed by atoms with van der Waals surface area (Å²) in [6.45, 7) is 3.99. The number of rotatable bonds is 5. The fourth-order valence-corrected chi connectivity index (χ4v) is 3.92. The number of pyridine rings is 1. The van der Waals surface area contributed by atoms with Crippen molar-refractivity contribution < 1.29 is 8.42 Å². The monoisotopic (exact) mass is 303 g/mol. The summed E-state index contributed by atoms with van der Waals surface area (Å²) < 4.78 is 27.0. The molecule has 2 aromatic rings. The molecule has 0 saturated heterocycles. The van der Waals surface area contributed by atoms with Gasteiger partial charge in [-0.05, 0) is 31.2 Å². The molecule has 1 aromatic heterocycles. The molecule has 0 aliphatic heterocycles. The Morgan fingerprint density at radius 3 is 2.76 bits per heavy atom. The van der Waals surface area contributed by atoms with Crippen molar-refractivity contribution in [2.75, 3.05) is 13.1 Å². The zero-order chi connectivity index (χ0) is 15.5. The Bertz CT molecular complexity index is 776. The van der Waals surface area contributed by atoms with Crippen LogP contribution in [0.2, 0.25) is 0 Å². The highest BCUT2D eigenvalue weighted by Crippen LogP contribution is 2.24. The number of nitriles is 1. The van der Waals surface area contributed by atoms with Crippen molar-refractivity contribution in [1.29, 1.82) is 5.26 Å². The van der Waals surface area contributed by atoms with Gasteiger partial charge in [-0.3, -0.25) is 4.98 Å². The molecule has 1 aromatic carbocycles. The highest BCUT2D eigenvalue weighted by molar-refractivity contribution is 7.89. The van der Waals surface area contributed by atoms with Crippen LogP contribution in [-0.2, 0) is 10.0 Å². The van der Waals surface area contributed by atoms with Crippen LogP contribution < -0.4 is 0 Å². The average molecular weight is 303 g/mol. The van der Waals surface area contributed by atoms with Gasteiger partial charge < -0.3 is 0 Å². The maximum atomic E-state index is 12.8. The smallest absolute Gasteiger partial charge is 0.243 e. The van der Waals surface area contributed by atoms with Crippen molar-refractivity contribution in [2.45, 2.75) is 18.7 Å². The summed E-state index contributed by atoms with van der Waals surface area (Å²) in [7, 11) is -3.64. The first-order valence-corrected chi connectivity index (χ1v) is 8.18. The predicted molar refractivity (Wildman–Crippen MR) is 81.0 cm³/mol. The van der Waals surface area contributed by atoms with Crippen LogP contribution in [0.5, 0.6) is 0 Å². The fourth-order valence-electron chi connectivity index (χ4n) is 2.18. The number of fused-ring (bicyclic) bond motifs is 1. The largest absolute Gasteiger partial charge is 0.256 e. The number of hydrogen-bond donors (Lipinski definition) is 0. The third kappa shape index (κ3) is 3.04. The molecular weight excluding hydrogens is 286 g/mol. The lowest BCUT2D eigenvalue weighted by Crippen LogP contribution is -2.34. The number of benzene rings is 1.